The molecule has 1 saturated heterocycles. The Hall–Kier alpha value is -2.62. The van der Waals surface area contributed by atoms with E-state index in [9.17, 15) is 9.18 Å². The predicted octanol–water partition coefficient (Wildman–Crippen LogP) is 3.76. The van der Waals surface area contributed by atoms with Gasteiger partial charge in [0.25, 0.3) is 0 Å². The minimum Gasteiger partial charge on any atom is -0.444 e. The number of carbonyl (C=O) groups is 1. The van der Waals surface area contributed by atoms with E-state index in [1.807, 2.05) is 17.0 Å². The number of alkyl halides is 1. The largest absolute Gasteiger partial charge is 0.444 e. The normalized spacial score (nSPS) is 22.3. The molecule has 7 heteroatoms. The lowest BCUT2D eigenvalue weighted by Crippen LogP contribution is -2.55. The Balaban J connectivity index is 1.65. The molecule has 0 aliphatic carbocycles. The van der Waals surface area contributed by atoms with Crippen molar-refractivity contribution < 1.29 is 13.9 Å². The molecule has 3 rings (SSSR count). The van der Waals surface area contributed by atoms with Crippen molar-refractivity contribution in [3.05, 3.63) is 35.2 Å². The Kier molecular flexibility index (Phi) is 4.86. The van der Waals surface area contributed by atoms with Gasteiger partial charge < -0.3 is 15.0 Å². The van der Waals surface area contributed by atoms with E-state index in [4.69, 9.17) is 11.3 Å². The average molecular weight is 358 g/mol. The minimum absolute atomic E-state index is 0.323. The number of benzene rings is 1. The van der Waals surface area contributed by atoms with Gasteiger partial charge >= 0.3 is 6.09 Å². The number of piperidine rings is 1. The smallest absolute Gasteiger partial charge is 0.408 e. The summed E-state index contributed by atoms with van der Waals surface area (Å²) in [5.41, 5.74) is 1.83. The molecule has 6 nitrogen and oxygen atoms in total. The van der Waals surface area contributed by atoms with Crippen LogP contribution in [0.15, 0.2) is 23.2 Å². The van der Waals surface area contributed by atoms with Gasteiger partial charge in [0.2, 0.25) is 0 Å². The van der Waals surface area contributed by atoms with Crippen molar-refractivity contribution >= 4 is 23.3 Å². The van der Waals surface area contributed by atoms with Crippen molar-refractivity contribution in [2.24, 2.45) is 4.99 Å². The molecule has 138 valence electrons. The average Bonchev–Trinajstić information content (AvgIpc) is 2.98. The molecule has 0 unspecified atom stereocenters. The molecule has 2 atom stereocenters. The minimum atomic E-state index is -1.11. The van der Waals surface area contributed by atoms with Gasteiger partial charge in [-0.25, -0.2) is 19.0 Å². The van der Waals surface area contributed by atoms with Crippen LogP contribution in [0.25, 0.3) is 4.85 Å². The lowest BCUT2D eigenvalue weighted by atomic mass is 10.0. The molecule has 1 N–H and O–H groups in total. The molecule has 1 fully saturated rings. The van der Waals surface area contributed by atoms with Crippen molar-refractivity contribution in [2.75, 3.05) is 13.1 Å². The van der Waals surface area contributed by atoms with Crippen LogP contribution in [0.1, 0.15) is 32.8 Å². The molecule has 0 spiro atoms. The van der Waals surface area contributed by atoms with Crippen LogP contribution in [0.2, 0.25) is 0 Å². The number of ether oxygens (including phenoxy) is 1. The summed E-state index contributed by atoms with van der Waals surface area (Å²) in [5.74, 6) is 0.852. The quantitative estimate of drug-likeness (QED) is 0.778. The van der Waals surface area contributed by atoms with E-state index in [0.717, 1.165) is 17.1 Å². The van der Waals surface area contributed by atoms with E-state index in [2.05, 4.69) is 15.2 Å². The molecule has 2 aliphatic heterocycles. The lowest BCUT2D eigenvalue weighted by Gasteiger charge is -2.36. The summed E-state index contributed by atoms with van der Waals surface area (Å²) in [7, 11) is 0. The number of nitrogens with one attached hydrogen (secondary N) is 1. The summed E-state index contributed by atoms with van der Waals surface area (Å²) in [6.07, 6.45) is -0.778. The highest BCUT2D eigenvalue weighted by atomic mass is 19.1. The Labute approximate surface area is 152 Å². The summed E-state index contributed by atoms with van der Waals surface area (Å²) in [6, 6.07) is 4.80. The van der Waals surface area contributed by atoms with Gasteiger partial charge in [-0.1, -0.05) is 12.1 Å². The monoisotopic (exact) mass is 358 g/mol. The molecule has 2 aliphatic rings. The predicted molar refractivity (Wildman–Crippen MR) is 97.7 cm³/mol. The van der Waals surface area contributed by atoms with Gasteiger partial charge in [-0.05, 0) is 38.8 Å². The van der Waals surface area contributed by atoms with Crippen LogP contribution >= 0.6 is 0 Å². The second kappa shape index (κ2) is 6.94. The van der Waals surface area contributed by atoms with Crippen molar-refractivity contribution in [1.29, 1.82) is 0 Å². The van der Waals surface area contributed by atoms with Crippen molar-refractivity contribution in [3.8, 4) is 0 Å². The third-order valence-corrected chi connectivity index (χ3v) is 4.39. The first kappa shape index (κ1) is 18.2. The first-order valence-corrected chi connectivity index (χ1v) is 8.71. The zero-order chi connectivity index (χ0) is 18.9. The third kappa shape index (κ3) is 4.13. The Morgan fingerprint density at radius 3 is 2.92 bits per heavy atom. The van der Waals surface area contributed by atoms with Crippen molar-refractivity contribution in [1.82, 2.24) is 10.2 Å². The number of aliphatic imine (C=N–C) groups is 1. The molecule has 1 aromatic rings. The molecule has 1 aromatic carbocycles. The fourth-order valence-corrected chi connectivity index (χ4v) is 3.18. The number of rotatable bonds is 1. The number of halogens is 1. The van der Waals surface area contributed by atoms with Crippen LogP contribution in [-0.2, 0) is 11.2 Å². The molecule has 0 radical (unpaired) electrons. The number of hydrogen-bond donors (Lipinski definition) is 1. The van der Waals surface area contributed by atoms with Crippen molar-refractivity contribution in [3.63, 3.8) is 0 Å². The van der Waals surface area contributed by atoms with E-state index >= 15 is 0 Å². The van der Waals surface area contributed by atoms with Gasteiger partial charge in [-0.2, -0.15) is 0 Å². The zero-order valence-electron chi connectivity index (χ0n) is 15.3. The van der Waals surface area contributed by atoms with Crippen LogP contribution in [0.5, 0.6) is 0 Å². The Morgan fingerprint density at radius 1 is 1.46 bits per heavy atom. The molecule has 26 heavy (non-hydrogen) atoms. The third-order valence-electron chi connectivity index (χ3n) is 4.39. The fourth-order valence-electron chi connectivity index (χ4n) is 3.18. The maximum absolute atomic E-state index is 14.3. The number of fused-ring (bicyclic) bond motifs is 1. The van der Waals surface area contributed by atoms with Crippen LogP contribution in [0.4, 0.5) is 20.6 Å². The molecular formula is C19H23FN4O2. The summed E-state index contributed by atoms with van der Waals surface area (Å²) >= 11 is 0. The van der Waals surface area contributed by atoms with E-state index < -0.39 is 23.9 Å². The van der Waals surface area contributed by atoms with E-state index in [-0.39, 0.29) is 0 Å². The number of likely N-dealkylation sites (tertiary alicyclic amines) is 1. The standard InChI is InChI=1S/C19H23FN4O2/c1-19(2,3)26-18(25)23-16-11-24(8-7-14(16)20)17-10-12-9-13(21-4)5-6-15(12)22-17/h5-6,9,14,16H,7-8,10-11H2,1-3H3,(H,23,25)/t14-,16+/m0/s1. The molecule has 0 aromatic heterocycles. The molecule has 1 amide bonds. The molecular weight excluding hydrogens is 335 g/mol. The summed E-state index contributed by atoms with van der Waals surface area (Å²) in [5, 5.41) is 2.65. The van der Waals surface area contributed by atoms with Crippen molar-refractivity contribution in [2.45, 2.75) is 51.4 Å². The summed E-state index contributed by atoms with van der Waals surface area (Å²) < 4.78 is 19.5. The Bertz CT molecular complexity index is 779. The van der Waals surface area contributed by atoms with E-state index in [1.165, 1.54) is 0 Å². The number of nitrogens with zero attached hydrogens (tertiary/aromatic N) is 3. The van der Waals surface area contributed by atoms with Crippen LogP contribution in [0.3, 0.4) is 0 Å². The topological polar surface area (TPSA) is 58.3 Å². The van der Waals surface area contributed by atoms with Gasteiger partial charge in [0.05, 0.1) is 18.3 Å². The molecule has 0 bridgehead atoms. The van der Waals surface area contributed by atoms with Gasteiger partial charge in [0.1, 0.15) is 17.6 Å². The first-order valence-electron chi connectivity index (χ1n) is 8.71. The van der Waals surface area contributed by atoms with Gasteiger partial charge in [-0.15, -0.1) is 0 Å². The summed E-state index contributed by atoms with van der Waals surface area (Å²) in [4.78, 5) is 22.0. The number of amides is 1. The fraction of sp³-hybridized carbons (Fsp3) is 0.526. The number of carbonyl (C=O) groups excluding carboxylic acids is 1. The highest BCUT2D eigenvalue weighted by Gasteiger charge is 2.34. The van der Waals surface area contributed by atoms with Gasteiger partial charge in [0.15, 0.2) is 5.69 Å². The van der Waals surface area contributed by atoms with Crippen LogP contribution < -0.4 is 5.32 Å². The molecule has 2 heterocycles. The van der Waals surface area contributed by atoms with Crippen LogP contribution in [-0.4, -0.2) is 47.7 Å². The first-order chi connectivity index (χ1) is 12.2. The lowest BCUT2D eigenvalue weighted by molar-refractivity contribution is 0.0431. The molecule has 0 saturated carbocycles. The number of alkyl carbamates (subject to hydrolysis) is 1. The van der Waals surface area contributed by atoms with E-state index in [0.29, 0.717) is 31.6 Å². The van der Waals surface area contributed by atoms with E-state index in [1.54, 1.807) is 26.8 Å². The highest BCUT2D eigenvalue weighted by Crippen LogP contribution is 2.32. The SMILES string of the molecule is [C-]#[N+]c1ccc2c(c1)CC(N1CC[C@H](F)[C@H](NC(=O)OC(C)(C)C)C1)=N2. The zero-order valence-corrected chi connectivity index (χ0v) is 15.3. The van der Waals surface area contributed by atoms with Crippen LogP contribution in [0, 0.1) is 6.57 Å². The van der Waals surface area contributed by atoms with Gasteiger partial charge in [-0.3, -0.25) is 0 Å². The maximum atomic E-state index is 14.3. The second-order valence-electron chi connectivity index (χ2n) is 7.63. The highest BCUT2D eigenvalue weighted by molar-refractivity contribution is 5.93. The Morgan fingerprint density at radius 2 is 2.23 bits per heavy atom. The second-order valence-corrected chi connectivity index (χ2v) is 7.63. The summed E-state index contributed by atoms with van der Waals surface area (Å²) in [6.45, 7) is 13.3. The maximum Gasteiger partial charge on any atom is 0.408 e. The number of hydrogen-bond acceptors (Lipinski definition) is 4. The van der Waals surface area contributed by atoms with Gasteiger partial charge in [0, 0.05) is 19.5 Å². The number of amidine groups is 1.